The molecular formula is C21H19NO5. The van der Waals surface area contributed by atoms with E-state index in [0.29, 0.717) is 23.7 Å². The highest BCUT2D eigenvalue weighted by Crippen LogP contribution is 2.30. The van der Waals surface area contributed by atoms with Gasteiger partial charge in [0.25, 0.3) is 0 Å². The number of aryl methyl sites for hydroxylation is 1. The molecule has 2 aromatic rings. The van der Waals surface area contributed by atoms with Gasteiger partial charge in [-0.15, -0.1) is 0 Å². The van der Waals surface area contributed by atoms with Crippen molar-refractivity contribution >= 4 is 23.9 Å². The molecule has 0 saturated carbocycles. The predicted octanol–water partition coefficient (Wildman–Crippen LogP) is 3.66. The first-order valence-corrected chi connectivity index (χ1v) is 8.51. The van der Waals surface area contributed by atoms with Gasteiger partial charge in [-0.1, -0.05) is 23.8 Å². The van der Waals surface area contributed by atoms with Gasteiger partial charge in [0.15, 0.2) is 17.2 Å². The topological polar surface area (TPSA) is 74.2 Å². The summed E-state index contributed by atoms with van der Waals surface area (Å²) in [6, 6.07) is 12.6. The van der Waals surface area contributed by atoms with E-state index >= 15 is 0 Å². The van der Waals surface area contributed by atoms with Crippen molar-refractivity contribution in [2.24, 2.45) is 4.99 Å². The molecule has 2 aromatic carbocycles. The van der Waals surface area contributed by atoms with Gasteiger partial charge in [-0.25, -0.2) is 9.79 Å². The summed E-state index contributed by atoms with van der Waals surface area (Å²) in [4.78, 5) is 27.7. The summed E-state index contributed by atoms with van der Waals surface area (Å²) in [6.07, 6.45) is 1.60. The number of aliphatic imine (C=N–C) groups is 1. The van der Waals surface area contributed by atoms with Crippen molar-refractivity contribution in [1.82, 2.24) is 0 Å². The zero-order valence-electron chi connectivity index (χ0n) is 15.3. The third kappa shape index (κ3) is 4.41. The molecule has 0 aromatic heterocycles. The number of rotatable bonds is 5. The molecule has 0 bridgehead atoms. The Morgan fingerprint density at radius 1 is 1.19 bits per heavy atom. The Morgan fingerprint density at radius 2 is 2.00 bits per heavy atom. The van der Waals surface area contributed by atoms with Crippen molar-refractivity contribution in [2.75, 3.05) is 6.61 Å². The summed E-state index contributed by atoms with van der Waals surface area (Å²) in [5.41, 5.74) is 2.66. The van der Waals surface area contributed by atoms with Gasteiger partial charge in [-0.3, -0.25) is 4.79 Å². The molecule has 0 radical (unpaired) electrons. The average molecular weight is 365 g/mol. The van der Waals surface area contributed by atoms with Crippen LogP contribution in [0, 0.1) is 6.92 Å². The smallest absolute Gasteiger partial charge is 0.363 e. The Hall–Kier alpha value is -3.41. The Labute approximate surface area is 157 Å². The van der Waals surface area contributed by atoms with Crippen LogP contribution < -0.4 is 9.47 Å². The lowest BCUT2D eigenvalue weighted by Crippen LogP contribution is -2.05. The molecule has 1 heterocycles. The summed E-state index contributed by atoms with van der Waals surface area (Å²) in [5, 5.41) is 0. The van der Waals surface area contributed by atoms with E-state index in [1.807, 2.05) is 38.1 Å². The maximum absolute atomic E-state index is 12.2. The molecule has 0 fully saturated rings. The third-order valence-electron chi connectivity index (χ3n) is 3.71. The Kier molecular flexibility index (Phi) is 5.35. The standard InChI is InChI=1S/C21H19NO5/c1-4-25-19-12-15(8-9-18(19)26-14(3)23)11-17-21(24)27-20(22-17)16-7-5-6-13(2)10-16/h5-12H,4H2,1-3H3. The van der Waals surface area contributed by atoms with Gasteiger partial charge >= 0.3 is 11.9 Å². The van der Waals surface area contributed by atoms with Gasteiger partial charge in [-0.2, -0.15) is 0 Å². The van der Waals surface area contributed by atoms with E-state index < -0.39 is 11.9 Å². The minimum atomic E-state index is -0.520. The van der Waals surface area contributed by atoms with E-state index in [0.717, 1.165) is 11.1 Å². The number of hydrogen-bond donors (Lipinski definition) is 0. The van der Waals surface area contributed by atoms with Crippen LogP contribution in [0.2, 0.25) is 0 Å². The van der Waals surface area contributed by atoms with Gasteiger partial charge in [0.05, 0.1) is 6.61 Å². The predicted molar refractivity (Wildman–Crippen MR) is 101 cm³/mol. The molecule has 1 aliphatic rings. The summed E-state index contributed by atoms with van der Waals surface area (Å²) in [7, 11) is 0. The van der Waals surface area contributed by atoms with E-state index in [1.54, 1.807) is 24.3 Å². The quantitative estimate of drug-likeness (QED) is 0.459. The van der Waals surface area contributed by atoms with Crippen molar-refractivity contribution < 1.29 is 23.8 Å². The van der Waals surface area contributed by atoms with E-state index in [9.17, 15) is 9.59 Å². The van der Waals surface area contributed by atoms with Crippen LogP contribution in [0.15, 0.2) is 53.2 Å². The van der Waals surface area contributed by atoms with Gasteiger partial charge in [0.2, 0.25) is 5.90 Å². The number of esters is 2. The number of benzene rings is 2. The van der Waals surface area contributed by atoms with Crippen LogP contribution in [0.4, 0.5) is 0 Å². The second kappa shape index (κ2) is 7.86. The SMILES string of the molecule is CCOc1cc(C=C2N=C(c3cccc(C)c3)OC2=O)ccc1OC(C)=O. The highest BCUT2D eigenvalue weighted by atomic mass is 16.6. The molecule has 1 aliphatic heterocycles. The van der Waals surface area contributed by atoms with E-state index in [4.69, 9.17) is 14.2 Å². The third-order valence-corrected chi connectivity index (χ3v) is 3.71. The second-order valence-corrected chi connectivity index (χ2v) is 5.94. The van der Waals surface area contributed by atoms with Gasteiger partial charge in [0, 0.05) is 12.5 Å². The highest BCUT2D eigenvalue weighted by Gasteiger charge is 2.24. The number of ether oxygens (including phenoxy) is 3. The fourth-order valence-corrected chi connectivity index (χ4v) is 2.59. The normalized spacial score (nSPS) is 14.7. The zero-order chi connectivity index (χ0) is 19.4. The summed E-state index contributed by atoms with van der Waals surface area (Å²) in [5.74, 6) is 0.0552. The van der Waals surface area contributed by atoms with Crippen molar-refractivity contribution in [1.29, 1.82) is 0 Å². The van der Waals surface area contributed by atoms with Crippen LogP contribution in [0.1, 0.15) is 30.5 Å². The maximum atomic E-state index is 12.2. The van der Waals surface area contributed by atoms with Crippen LogP contribution in [0.5, 0.6) is 11.5 Å². The molecule has 6 nitrogen and oxygen atoms in total. The van der Waals surface area contributed by atoms with Gasteiger partial charge in [0.1, 0.15) is 0 Å². The number of cyclic esters (lactones) is 1. The van der Waals surface area contributed by atoms with Crippen LogP contribution >= 0.6 is 0 Å². The number of hydrogen-bond acceptors (Lipinski definition) is 6. The van der Waals surface area contributed by atoms with Crippen LogP contribution in [0.25, 0.3) is 6.08 Å². The molecule has 0 unspecified atom stereocenters. The minimum absolute atomic E-state index is 0.189. The van der Waals surface area contributed by atoms with Crippen LogP contribution in [-0.4, -0.2) is 24.4 Å². The molecule has 0 amide bonds. The number of carbonyl (C=O) groups excluding carboxylic acids is 2. The molecule has 0 spiro atoms. The first-order chi connectivity index (χ1) is 13.0. The molecule has 3 rings (SSSR count). The lowest BCUT2D eigenvalue weighted by atomic mass is 10.1. The van der Waals surface area contributed by atoms with Crippen molar-refractivity contribution in [3.63, 3.8) is 0 Å². The second-order valence-electron chi connectivity index (χ2n) is 5.94. The first kappa shape index (κ1) is 18.4. The molecule has 27 heavy (non-hydrogen) atoms. The molecule has 0 atom stereocenters. The molecule has 0 aliphatic carbocycles. The van der Waals surface area contributed by atoms with E-state index in [-0.39, 0.29) is 11.6 Å². The summed E-state index contributed by atoms with van der Waals surface area (Å²) >= 11 is 0. The minimum Gasteiger partial charge on any atom is -0.490 e. The van der Waals surface area contributed by atoms with Crippen LogP contribution in [-0.2, 0) is 14.3 Å². The first-order valence-electron chi connectivity index (χ1n) is 8.51. The van der Waals surface area contributed by atoms with Crippen molar-refractivity contribution in [2.45, 2.75) is 20.8 Å². The van der Waals surface area contributed by atoms with E-state index in [1.165, 1.54) is 6.92 Å². The fraction of sp³-hybridized carbons (Fsp3) is 0.190. The highest BCUT2D eigenvalue weighted by molar-refractivity contribution is 6.12. The molecular weight excluding hydrogens is 346 g/mol. The molecule has 0 saturated heterocycles. The van der Waals surface area contributed by atoms with Gasteiger partial charge in [-0.05, 0) is 49.8 Å². The van der Waals surface area contributed by atoms with Crippen molar-refractivity contribution in [3.05, 3.63) is 64.9 Å². The number of carbonyl (C=O) groups is 2. The maximum Gasteiger partial charge on any atom is 0.363 e. The Balaban J connectivity index is 1.92. The Bertz CT molecular complexity index is 959. The summed E-state index contributed by atoms with van der Waals surface area (Å²) in [6.45, 7) is 5.51. The van der Waals surface area contributed by atoms with Crippen LogP contribution in [0.3, 0.4) is 0 Å². The largest absolute Gasteiger partial charge is 0.490 e. The molecule has 138 valence electrons. The number of nitrogens with zero attached hydrogens (tertiary/aromatic N) is 1. The lowest BCUT2D eigenvalue weighted by molar-refractivity contribution is -0.132. The Morgan fingerprint density at radius 3 is 2.70 bits per heavy atom. The van der Waals surface area contributed by atoms with Crippen molar-refractivity contribution in [3.8, 4) is 11.5 Å². The fourth-order valence-electron chi connectivity index (χ4n) is 2.59. The monoisotopic (exact) mass is 365 g/mol. The summed E-state index contributed by atoms with van der Waals surface area (Å²) < 4.78 is 15.9. The molecule has 0 N–H and O–H groups in total. The average Bonchev–Trinajstić information content (AvgIpc) is 2.98. The zero-order valence-corrected chi connectivity index (χ0v) is 15.3. The van der Waals surface area contributed by atoms with Gasteiger partial charge < -0.3 is 14.2 Å². The lowest BCUT2D eigenvalue weighted by Gasteiger charge is -2.10. The van der Waals surface area contributed by atoms with E-state index in [2.05, 4.69) is 4.99 Å². The molecule has 6 heteroatoms.